The van der Waals surface area contributed by atoms with E-state index in [2.05, 4.69) is 4.98 Å². The van der Waals surface area contributed by atoms with Crippen LogP contribution in [-0.2, 0) is 11.3 Å². The van der Waals surface area contributed by atoms with Crippen LogP contribution in [0.2, 0.25) is 0 Å². The minimum absolute atomic E-state index is 0.0502. The van der Waals surface area contributed by atoms with Crippen molar-refractivity contribution in [1.82, 2.24) is 9.55 Å². The number of rotatable bonds is 5. The summed E-state index contributed by atoms with van der Waals surface area (Å²) in [4.78, 5) is 30.4. The van der Waals surface area contributed by atoms with Crippen LogP contribution in [0.1, 0.15) is 0 Å². The van der Waals surface area contributed by atoms with Gasteiger partial charge in [0.1, 0.15) is 11.3 Å². The van der Waals surface area contributed by atoms with Crippen molar-refractivity contribution in [3.8, 4) is 17.3 Å². The molecule has 138 valence electrons. The maximum atomic E-state index is 13.1. The summed E-state index contributed by atoms with van der Waals surface area (Å²) in [6.07, 6.45) is 1.48. The summed E-state index contributed by atoms with van der Waals surface area (Å²) in [7, 11) is 3.05. The molecule has 27 heavy (non-hydrogen) atoms. The summed E-state index contributed by atoms with van der Waals surface area (Å²) in [5, 5.41) is 0.172. The molecular formula is C19H16N2O6. The Morgan fingerprint density at radius 2 is 2.04 bits per heavy atom. The first kappa shape index (κ1) is 17.0. The molecule has 0 unspecified atom stereocenters. The number of hydrogen-bond acceptors (Lipinski definition) is 7. The van der Waals surface area contributed by atoms with Crippen LogP contribution in [0.4, 0.5) is 0 Å². The molecule has 3 heterocycles. The number of benzene rings is 1. The Morgan fingerprint density at radius 1 is 1.19 bits per heavy atom. The van der Waals surface area contributed by atoms with Crippen molar-refractivity contribution in [1.29, 1.82) is 0 Å². The van der Waals surface area contributed by atoms with Crippen LogP contribution in [-0.4, -0.2) is 30.4 Å². The van der Waals surface area contributed by atoms with Gasteiger partial charge >= 0.3 is 0 Å². The van der Waals surface area contributed by atoms with Gasteiger partial charge in [-0.2, -0.15) is 4.98 Å². The van der Waals surface area contributed by atoms with Gasteiger partial charge in [-0.05, 0) is 24.3 Å². The van der Waals surface area contributed by atoms with E-state index in [-0.39, 0.29) is 35.5 Å². The second-order valence-electron chi connectivity index (χ2n) is 5.84. The Morgan fingerprint density at radius 3 is 2.74 bits per heavy atom. The number of fused-ring (bicyclic) bond motifs is 2. The molecule has 0 atom stereocenters. The number of furan rings is 1. The molecule has 0 spiro atoms. The molecule has 0 radical (unpaired) electrons. The fraction of sp³-hybridized carbons (Fsp3) is 0.211. The monoisotopic (exact) mass is 368 g/mol. The van der Waals surface area contributed by atoms with Gasteiger partial charge in [0.15, 0.2) is 17.0 Å². The van der Waals surface area contributed by atoms with E-state index in [1.54, 1.807) is 30.3 Å². The first-order valence-electron chi connectivity index (χ1n) is 8.22. The van der Waals surface area contributed by atoms with Crippen LogP contribution >= 0.6 is 0 Å². The van der Waals surface area contributed by atoms with E-state index >= 15 is 0 Å². The SMILES string of the molecule is COCCn1c(-c2ccco2)nc2oc3cc(OC)ccc3c(=O)c2c1=O. The lowest BCUT2D eigenvalue weighted by Crippen LogP contribution is -2.28. The molecule has 1 aromatic carbocycles. The molecule has 4 aromatic rings. The zero-order valence-electron chi connectivity index (χ0n) is 14.7. The van der Waals surface area contributed by atoms with Gasteiger partial charge < -0.3 is 18.3 Å². The summed E-state index contributed by atoms with van der Waals surface area (Å²) < 4.78 is 22.8. The molecule has 0 aliphatic carbocycles. The highest BCUT2D eigenvalue weighted by atomic mass is 16.5. The van der Waals surface area contributed by atoms with Crippen LogP contribution in [0.25, 0.3) is 33.7 Å². The first-order chi connectivity index (χ1) is 13.1. The largest absolute Gasteiger partial charge is 0.497 e. The van der Waals surface area contributed by atoms with Gasteiger partial charge in [0.2, 0.25) is 11.1 Å². The van der Waals surface area contributed by atoms with Gasteiger partial charge in [-0.3, -0.25) is 14.2 Å². The van der Waals surface area contributed by atoms with Crippen LogP contribution < -0.4 is 15.7 Å². The highest BCUT2D eigenvalue weighted by molar-refractivity contribution is 5.88. The predicted molar refractivity (Wildman–Crippen MR) is 98.2 cm³/mol. The standard InChI is InChI=1S/C19H16N2O6/c1-24-9-7-21-17(13-4-3-8-26-13)20-18-15(19(21)23)16(22)12-6-5-11(25-2)10-14(12)27-18/h3-6,8,10H,7,9H2,1-2H3. The van der Waals surface area contributed by atoms with Gasteiger partial charge in [-0.1, -0.05) is 0 Å². The Balaban J connectivity index is 2.10. The van der Waals surface area contributed by atoms with Crippen molar-refractivity contribution in [3.63, 3.8) is 0 Å². The average Bonchev–Trinajstić information content (AvgIpc) is 3.21. The van der Waals surface area contributed by atoms with Gasteiger partial charge in [0.25, 0.3) is 5.56 Å². The normalized spacial score (nSPS) is 11.3. The molecule has 0 aliphatic rings. The quantitative estimate of drug-likeness (QED) is 0.499. The zero-order valence-corrected chi connectivity index (χ0v) is 14.7. The van der Waals surface area contributed by atoms with Crippen molar-refractivity contribution in [2.45, 2.75) is 6.54 Å². The van der Waals surface area contributed by atoms with Gasteiger partial charge in [0.05, 0.1) is 31.9 Å². The molecule has 0 saturated heterocycles. The number of methoxy groups -OCH3 is 2. The van der Waals surface area contributed by atoms with E-state index in [0.29, 0.717) is 17.1 Å². The Kier molecular flexibility index (Phi) is 4.25. The van der Waals surface area contributed by atoms with Crippen molar-refractivity contribution >= 4 is 22.1 Å². The highest BCUT2D eigenvalue weighted by Crippen LogP contribution is 2.23. The molecule has 0 aliphatic heterocycles. The highest BCUT2D eigenvalue weighted by Gasteiger charge is 2.20. The molecule has 8 nitrogen and oxygen atoms in total. The molecule has 3 aromatic heterocycles. The second-order valence-corrected chi connectivity index (χ2v) is 5.84. The minimum atomic E-state index is -0.505. The van der Waals surface area contributed by atoms with Gasteiger partial charge in [-0.25, -0.2) is 0 Å². The Hall–Kier alpha value is -3.39. The van der Waals surface area contributed by atoms with Crippen LogP contribution in [0.5, 0.6) is 5.75 Å². The molecule has 0 bridgehead atoms. The number of aromatic nitrogens is 2. The number of ether oxygens (including phenoxy) is 2. The van der Waals surface area contributed by atoms with Crippen LogP contribution in [0, 0.1) is 0 Å². The lowest BCUT2D eigenvalue weighted by Gasteiger charge is -2.11. The lowest BCUT2D eigenvalue weighted by atomic mass is 10.2. The second kappa shape index (κ2) is 6.73. The summed E-state index contributed by atoms with van der Waals surface area (Å²) >= 11 is 0. The average molecular weight is 368 g/mol. The van der Waals surface area contributed by atoms with Gasteiger partial charge in [-0.15, -0.1) is 0 Å². The summed E-state index contributed by atoms with van der Waals surface area (Å²) in [5.41, 5.74) is -0.705. The van der Waals surface area contributed by atoms with E-state index < -0.39 is 11.0 Å². The van der Waals surface area contributed by atoms with Gasteiger partial charge in [0, 0.05) is 13.2 Å². The molecule has 8 heteroatoms. The third-order valence-electron chi connectivity index (χ3n) is 4.26. The summed E-state index contributed by atoms with van der Waals surface area (Å²) in [6.45, 7) is 0.491. The maximum Gasteiger partial charge on any atom is 0.269 e. The third kappa shape index (κ3) is 2.80. The number of hydrogen-bond donors (Lipinski definition) is 0. The molecule has 4 rings (SSSR count). The van der Waals surface area contributed by atoms with E-state index in [0.717, 1.165) is 0 Å². The lowest BCUT2D eigenvalue weighted by molar-refractivity contribution is 0.186. The molecule has 0 N–H and O–H groups in total. The fourth-order valence-electron chi connectivity index (χ4n) is 2.93. The Bertz CT molecular complexity index is 1240. The van der Waals surface area contributed by atoms with Crippen molar-refractivity contribution < 1.29 is 18.3 Å². The van der Waals surface area contributed by atoms with Crippen molar-refractivity contribution in [2.24, 2.45) is 0 Å². The van der Waals surface area contributed by atoms with E-state index in [4.69, 9.17) is 18.3 Å². The molecule has 0 saturated carbocycles. The Labute approximate surface area is 152 Å². The smallest absolute Gasteiger partial charge is 0.269 e. The van der Waals surface area contributed by atoms with E-state index in [1.807, 2.05) is 0 Å². The zero-order chi connectivity index (χ0) is 19.0. The van der Waals surface area contributed by atoms with Crippen LogP contribution in [0.15, 0.2) is 55.0 Å². The molecule has 0 amide bonds. The number of nitrogens with zero attached hydrogens (tertiary/aromatic N) is 2. The minimum Gasteiger partial charge on any atom is -0.497 e. The maximum absolute atomic E-state index is 13.1. The van der Waals surface area contributed by atoms with E-state index in [9.17, 15) is 9.59 Å². The van der Waals surface area contributed by atoms with Crippen molar-refractivity contribution in [2.75, 3.05) is 20.8 Å². The summed E-state index contributed by atoms with van der Waals surface area (Å²) in [6, 6.07) is 8.16. The van der Waals surface area contributed by atoms with E-state index in [1.165, 1.54) is 25.0 Å². The topological polar surface area (TPSA) is 96.7 Å². The molecule has 0 fully saturated rings. The van der Waals surface area contributed by atoms with Crippen molar-refractivity contribution in [3.05, 3.63) is 57.2 Å². The predicted octanol–water partition coefficient (Wildman–Crippen LogP) is 2.42. The van der Waals surface area contributed by atoms with Crippen LogP contribution in [0.3, 0.4) is 0 Å². The fourth-order valence-corrected chi connectivity index (χ4v) is 2.93. The summed E-state index contributed by atoms with van der Waals surface area (Å²) in [5.74, 6) is 1.18. The molecular weight excluding hydrogens is 352 g/mol. The first-order valence-corrected chi connectivity index (χ1v) is 8.22. The third-order valence-corrected chi connectivity index (χ3v) is 4.26.